The predicted octanol–water partition coefficient (Wildman–Crippen LogP) is 2.28. The number of thiocarbonyl (C=S) groups is 1. The molecule has 18 heavy (non-hydrogen) atoms. The predicted molar refractivity (Wildman–Crippen MR) is 78.0 cm³/mol. The van der Waals surface area contributed by atoms with Crippen molar-refractivity contribution in [3.05, 3.63) is 34.1 Å². The summed E-state index contributed by atoms with van der Waals surface area (Å²) in [6, 6.07) is 5.06. The molecule has 0 saturated carbocycles. The number of pyridine rings is 1. The van der Waals surface area contributed by atoms with Crippen LogP contribution in [0.4, 0.5) is 0 Å². The van der Waals surface area contributed by atoms with Gasteiger partial charge in [0.2, 0.25) is 0 Å². The zero-order valence-electron chi connectivity index (χ0n) is 9.81. The first-order chi connectivity index (χ1) is 8.58. The van der Waals surface area contributed by atoms with Gasteiger partial charge < -0.3 is 14.8 Å². The molecule has 0 aliphatic heterocycles. The zero-order valence-corrected chi connectivity index (χ0v) is 11.4. The number of rotatable bonds is 2. The monoisotopic (exact) mass is 281 g/mol. The van der Waals surface area contributed by atoms with Crippen molar-refractivity contribution in [3.63, 3.8) is 0 Å². The Balaban J connectivity index is 2.79. The van der Waals surface area contributed by atoms with Crippen LogP contribution in [-0.2, 0) is 0 Å². The van der Waals surface area contributed by atoms with Crippen LogP contribution in [-0.4, -0.2) is 27.7 Å². The van der Waals surface area contributed by atoms with E-state index in [2.05, 4.69) is 4.98 Å². The van der Waals surface area contributed by atoms with Crippen LogP contribution in [0.1, 0.15) is 5.56 Å². The first kappa shape index (κ1) is 12.9. The second-order valence-corrected chi connectivity index (χ2v) is 5.06. The summed E-state index contributed by atoms with van der Waals surface area (Å²) < 4.78 is 5.43. The average Bonchev–Trinajstić information content (AvgIpc) is 2.37. The molecule has 2 rings (SSSR count). The minimum Gasteiger partial charge on any atom is -0.506 e. The molecule has 1 heterocycles. The maximum atomic E-state index is 11.9. The molecule has 6 heteroatoms. The van der Waals surface area contributed by atoms with E-state index in [1.54, 1.807) is 24.5 Å². The van der Waals surface area contributed by atoms with E-state index in [0.717, 1.165) is 0 Å². The molecule has 0 bridgehead atoms. The number of aromatic nitrogens is 1. The fraction of sp³-hybridized carbons (Fsp3) is 0.167. The summed E-state index contributed by atoms with van der Waals surface area (Å²) in [5, 5.41) is 10.7. The third-order valence-corrected chi connectivity index (χ3v) is 3.86. The first-order valence-corrected chi connectivity index (χ1v) is 6.73. The summed E-state index contributed by atoms with van der Waals surface area (Å²) in [6.07, 6.45) is 1.76. The topological polar surface area (TPSA) is 62.3 Å². The zero-order chi connectivity index (χ0) is 13.3. The molecule has 1 aromatic carbocycles. The summed E-state index contributed by atoms with van der Waals surface area (Å²) in [6.45, 7) is 0. The van der Waals surface area contributed by atoms with Crippen molar-refractivity contribution >= 4 is 39.1 Å². The Hall–Kier alpha value is -1.53. The lowest BCUT2D eigenvalue weighted by Crippen LogP contribution is -2.15. The Morgan fingerprint density at radius 2 is 2.22 bits per heavy atom. The van der Waals surface area contributed by atoms with Crippen molar-refractivity contribution in [1.29, 1.82) is 0 Å². The number of ether oxygens (including phenoxy) is 1. The molecule has 4 nitrogen and oxygen atoms in total. The Labute approximate surface area is 113 Å². The average molecular weight is 281 g/mol. The van der Waals surface area contributed by atoms with Gasteiger partial charge in [0.15, 0.2) is 0 Å². The Kier molecular flexibility index (Phi) is 3.58. The van der Waals surface area contributed by atoms with Crippen LogP contribution in [0.5, 0.6) is 11.5 Å². The lowest BCUT2D eigenvalue weighted by molar-refractivity contribution is 0.415. The van der Waals surface area contributed by atoms with Crippen molar-refractivity contribution in [2.24, 2.45) is 0 Å². The number of H-pyrrole nitrogens is 1. The molecule has 0 aliphatic carbocycles. The van der Waals surface area contributed by atoms with Crippen LogP contribution in [0.15, 0.2) is 23.0 Å². The van der Waals surface area contributed by atoms with Gasteiger partial charge in [0.25, 0.3) is 5.56 Å². The minimum absolute atomic E-state index is 0.0873. The maximum Gasteiger partial charge on any atom is 0.261 e. The minimum atomic E-state index is -0.396. The molecule has 0 saturated heterocycles. The fourth-order valence-corrected chi connectivity index (χ4v) is 2.26. The van der Waals surface area contributed by atoms with E-state index in [9.17, 15) is 9.90 Å². The second kappa shape index (κ2) is 4.99. The van der Waals surface area contributed by atoms with Crippen molar-refractivity contribution in [3.8, 4) is 11.5 Å². The van der Waals surface area contributed by atoms with Gasteiger partial charge in [-0.25, -0.2) is 0 Å². The lowest BCUT2D eigenvalue weighted by atomic mass is 10.1. The molecule has 0 fully saturated rings. The molecule has 0 amide bonds. The Morgan fingerprint density at radius 1 is 1.50 bits per heavy atom. The number of hydrogen-bond donors (Lipinski definition) is 2. The van der Waals surface area contributed by atoms with Crippen LogP contribution in [0.2, 0.25) is 0 Å². The quantitative estimate of drug-likeness (QED) is 0.827. The maximum absolute atomic E-state index is 11.9. The van der Waals surface area contributed by atoms with Crippen LogP contribution >= 0.6 is 24.0 Å². The highest BCUT2D eigenvalue weighted by atomic mass is 32.2. The van der Waals surface area contributed by atoms with Crippen LogP contribution in [0.3, 0.4) is 0 Å². The second-order valence-electron chi connectivity index (χ2n) is 3.58. The van der Waals surface area contributed by atoms with Crippen LogP contribution < -0.4 is 10.3 Å². The molecule has 0 atom stereocenters. The Bertz CT molecular complexity index is 679. The molecule has 0 aliphatic rings. The molecule has 0 spiro atoms. The van der Waals surface area contributed by atoms with Crippen molar-refractivity contribution in [1.82, 2.24) is 4.98 Å². The number of aromatic amines is 1. The molecule has 1 aromatic heterocycles. The summed E-state index contributed by atoms with van der Waals surface area (Å²) in [4.78, 5) is 14.6. The summed E-state index contributed by atoms with van der Waals surface area (Å²) >= 11 is 6.32. The number of fused-ring (bicyclic) bond motifs is 1. The van der Waals surface area contributed by atoms with Gasteiger partial charge in [-0.05, 0) is 18.4 Å². The highest BCUT2D eigenvalue weighted by molar-refractivity contribution is 8.23. The largest absolute Gasteiger partial charge is 0.506 e. The van der Waals surface area contributed by atoms with Gasteiger partial charge in [0.1, 0.15) is 17.1 Å². The number of nitrogens with one attached hydrogen (secondary N) is 1. The van der Waals surface area contributed by atoms with Crippen molar-refractivity contribution in [2.45, 2.75) is 0 Å². The first-order valence-electron chi connectivity index (χ1n) is 5.09. The van der Waals surface area contributed by atoms with E-state index in [-0.39, 0.29) is 11.3 Å². The van der Waals surface area contributed by atoms with Crippen molar-refractivity contribution < 1.29 is 9.84 Å². The number of benzene rings is 1. The van der Waals surface area contributed by atoms with Gasteiger partial charge in [0, 0.05) is 11.5 Å². The van der Waals surface area contributed by atoms with Gasteiger partial charge in [0.05, 0.1) is 16.8 Å². The molecule has 0 unspecified atom stereocenters. The van der Waals surface area contributed by atoms with Crippen LogP contribution in [0, 0.1) is 0 Å². The SMILES string of the molecule is COc1ccc2c(O)c(C(=S)SC)c(=O)[nH]c2c1. The van der Waals surface area contributed by atoms with Gasteiger partial charge in [-0.2, -0.15) is 0 Å². The lowest BCUT2D eigenvalue weighted by Gasteiger charge is -2.08. The van der Waals surface area contributed by atoms with Gasteiger partial charge >= 0.3 is 0 Å². The smallest absolute Gasteiger partial charge is 0.261 e. The van der Waals surface area contributed by atoms with E-state index in [4.69, 9.17) is 17.0 Å². The van der Waals surface area contributed by atoms with Crippen molar-refractivity contribution in [2.75, 3.05) is 13.4 Å². The van der Waals surface area contributed by atoms with Gasteiger partial charge in [-0.1, -0.05) is 12.2 Å². The number of aromatic hydroxyl groups is 1. The summed E-state index contributed by atoms with van der Waals surface area (Å²) in [7, 11) is 1.54. The number of hydrogen-bond acceptors (Lipinski definition) is 5. The highest BCUT2D eigenvalue weighted by Crippen LogP contribution is 2.29. The standard InChI is InChI=1S/C12H11NO3S2/c1-16-6-3-4-7-8(5-6)13-11(15)9(10(7)14)12(17)18-2/h3-5H,1-2H3,(H2,13,14,15). The van der Waals surface area contributed by atoms with Crippen LogP contribution in [0.25, 0.3) is 10.9 Å². The fourth-order valence-electron chi connectivity index (χ4n) is 1.68. The molecular weight excluding hydrogens is 270 g/mol. The van der Waals surface area contributed by atoms with E-state index < -0.39 is 5.56 Å². The highest BCUT2D eigenvalue weighted by Gasteiger charge is 2.15. The molecule has 2 N–H and O–H groups in total. The molecule has 94 valence electrons. The third kappa shape index (κ3) is 2.09. The van der Waals surface area contributed by atoms with Gasteiger partial charge in [-0.3, -0.25) is 4.79 Å². The molecular formula is C12H11NO3S2. The van der Waals surface area contributed by atoms with E-state index >= 15 is 0 Å². The van der Waals surface area contributed by atoms with E-state index in [1.165, 1.54) is 18.9 Å². The third-order valence-electron chi connectivity index (χ3n) is 2.58. The summed E-state index contributed by atoms with van der Waals surface area (Å²) in [5.74, 6) is 0.522. The normalized spacial score (nSPS) is 10.6. The molecule has 2 aromatic rings. The van der Waals surface area contributed by atoms with E-state index in [1.807, 2.05) is 0 Å². The summed E-state index contributed by atoms with van der Waals surface area (Å²) in [5.41, 5.74) is 0.271. The van der Waals surface area contributed by atoms with E-state index in [0.29, 0.717) is 20.8 Å². The molecule has 0 radical (unpaired) electrons. The Morgan fingerprint density at radius 3 is 2.83 bits per heavy atom. The number of thioether (sulfide) groups is 1. The number of methoxy groups -OCH3 is 1. The van der Waals surface area contributed by atoms with Gasteiger partial charge in [-0.15, -0.1) is 11.8 Å².